The molecule has 1 aromatic heterocycles. The summed E-state index contributed by atoms with van der Waals surface area (Å²) >= 11 is 1.36. The molecule has 8 heteroatoms. The van der Waals surface area contributed by atoms with Crippen LogP contribution in [0, 0.1) is 13.8 Å². The number of thioether (sulfide) groups is 1. The third-order valence-electron chi connectivity index (χ3n) is 5.49. The standard InChI is InChI=1S/C22H33N5O2S/c1-15-11-17(22(3,4)5)12-16(2)19(15)8-9-23-20(28)14-30-21-24-25-26-27(21)13-18-7-6-10-29-18/h11-12,18H,6-10,13-14H2,1-5H3,(H,23,28). The normalized spacial score (nSPS) is 16.8. The molecule has 1 aromatic carbocycles. The summed E-state index contributed by atoms with van der Waals surface area (Å²) in [6.45, 7) is 13.1. The molecule has 1 atom stereocenters. The van der Waals surface area contributed by atoms with Crippen molar-refractivity contribution in [2.24, 2.45) is 0 Å². The predicted octanol–water partition coefficient (Wildman–Crippen LogP) is 3.22. The maximum absolute atomic E-state index is 12.3. The van der Waals surface area contributed by atoms with E-state index in [4.69, 9.17) is 4.74 Å². The van der Waals surface area contributed by atoms with E-state index in [1.807, 2.05) is 0 Å². The van der Waals surface area contributed by atoms with E-state index in [0.717, 1.165) is 25.9 Å². The molecule has 1 saturated heterocycles. The number of ether oxygens (including phenoxy) is 1. The van der Waals surface area contributed by atoms with Gasteiger partial charge in [0.15, 0.2) is 0 Å². The molecule has 2 heterocycles. The summed E-state index contributed by atoms with van der Waals surface area (Å²) in [6.07, 6.45) is 3.10. The molecule has 0 bridgehead atoms. The zero-order valence-electron chi connectivity index (χ0n) is 18.7. The fourth-order valence-electron chi connectivity index (χ4n) is 3.72. The minimum Gasteiger partial charge on any atom is -0.376 e. The van der Waals surface area contributed by atoms with Crippen molar-refractivity contribution >= 4 is 17.7 Å². The van der Waals surface area contributed by atoms with Crippen LogP contribution >= 0.6 is 11.8 Å². The van der Waals surface area contributed by atoms with Gasteiger partial charge in [-0.2, -0.15) is 0 Å². The molecule has 3 rings (SSSR count). The molecule has 0 spiro atoms. The Kier molecular flexibility index (Phi) is 7.52. The van der Waals surface area contributed by atoms with Crippen molar-refractivity contribution in [1.82, 2.24) is 25.5 Å². The van der Waals surface area contributed by atoms with Crippen molar-refractivity contribution in [2.75, 3.05) is 18.9 Å². The summed E-state index contributed by atoms with van der Waals surface area (Å²) in [5.41, 5.74) is 5.38. The first-order chi connectivity index (χ1) is 14.2. The van der Waals surface area contributed by atoms with E-state index in [1.165, 1.54) is 34.0 Å². The lowest BCUT2D eigenvalue weighted by molar-refractivity contribution is -0.118. The highest BCUT2D eigenvalue weighted by molar-refractivity contribution is 7.99. The van der Waals surface area contributed by atoms with Gasteiger partial charge in [-0.25, -0.2) is 4.68 Å². The maximum atomic E-state index is 12.3. The Morgan fingerprint density at radius 1 is 1.30 bits per heavy atom. The zero-order valence-corrected chi connectivity index (χ0v) is 19.5. The van der Waals surface area contributed by atoms with Crippen LogP contribution in [-0.4, -0.2) is 51.1 Å². The van der Waals surface area contributed by atoms with Gasteiger partial charge >= 0.3 is 0 Å². The van der Waals surface area contributed by atoms with E-state index in [1.54, 1.807) is 4.68 Å². The zero-order chi connectivity index (χ0) is 21.7. The lowest BCUT2D eigenvalue weighted by Crippen LogP contribution is -2.28. The number of rotatable bonds is 8. The smallest absolute Gasteiger partial charge is 0.230 e. The van der Waals surface area contributed by atoms with E-state index in [9.17, 15) is 4.79 Å². The molecule has 0 radical (unpaired) electrons. The Morgan fingerprint density at radius 2 is 2.03 bits per heavy atom. The van der Waals surface area contributed by atoms with Crippen LogP contribution in [0.4, 0.5) is 0 Å². The number of carbonyl (C=O) groups excluding carboxylic acids is 1. The van der Waals surface area contributed by atoms with Crippen molar-refractivity contribution < 1.29 is 9.53 Å². The Labute approximate surface area is 183 Å². The molecule has 1 aliphatic heterocycles. The highest BCUT2D eigenvalue weighted by Gasteiger charge is 2.19. The number of hydrogen-bond acceptors (Lipinski definition) is 6. The second-order valence-corrected chi connectivity index (χ2v) is 9.95. The van der Waals surface area contributed by atoms with Gasteiger partial charge in [-0.05, 0) is 71.2 Å². The topological polar surface area (TPSA) is 81.9 Å². The summed E-state index contributed by atoms with van der Waals surface area (Å²) < 4.78 is 7.38. The van der Waals surface area contributed by atoms with Crippen LogP contribution in [0.5, 0.6) is 0 Å². The van der Waals surface area contributed by atoms with Gasteiger partial charge in [0.1, 0.15) is 0 Å². The SMILES string of the molecule is Cc1cc(C(C)(C)C)cc(C)c1CCNC(=O)CSc1nnnn1CC1CCCO1. The number of aryl methyl sites for hydroxylation is 2. The highest BCUT2D eigenvalue weighted by atomic mass is 32.2. The Balaban J connectivity index is 1.46. The Bertz CT molecular complexity index is 846. The van der Waals surface area contributed by atoms with Gasteiger partial charge in [-0.1, -0.05) is 44.7 Å². The monoisotopic (exact) mass is 431 g/mol. The van der Waals surface area contributed by atoms with Crippen molar-refractivity contribution in [2.45, 2.75) is 77.1 Å². The largest absolute Gasteiger partial charge is 0.376 e. The van der Waals surface area contributed by atoms with Crippen molar-refractivity contribution in [1.29, 1.82) is 0 Å². The van der Waals surface area contributed by atoms with E-state index >= 15 is 0 Å². The van der Waals surface area contributed by atoms with Crippen LogP contribution in [0.2, 0.25) is 0 Å². The second-order valence-electron chi connectivity index (χ2n) is 9.01. The lowest BCUT2D eigenvalue weighted by atomic mass is 9.83. The van der Waals surface area contributed by atoms with Gasteiger partial charge < -0.3 is 10.1 Å². The highest BCUT2D eigenvalue weighted by Crippen LogP contribution is 2.27. The maximum Gasteiger partial charge on any atom is 0.230 e. The van der Waals surface area contributed by atoms with Crippen LogP contribution in [0.1, 0.15) is 55.9 Å². The van der Waals surface area contributed by atoms with Crippen molar-refractivity contribution in [3.63, 3.8) is 0 Å². The van der Waals surface area contributed by atoms with Gasteiger partial charge in [0.2, 0.25) is 11.1 Å². The third kappa shape index (κ3) is 6.04. The van der Waals surface area contributed by atoms with Crippen LogP contribution in [0.15, 0.2) is 17.3 Å². The minimum atomic E-state index is -0.00622. The molecule has 1 aliphatic rings. The average molecular weight is 432 g/mol. The van der Waals surface area contributed by atoms with Gasteiger partial charge in [0, 0.05) is 13.2 Å². The Morgan fingerprint density at radius 3 is 2.67 bits per heavy atom. The van der Waals surface area contributed by atoms with Crippen LogP contribution < -0.4 is 5.32 Å². The van der Waals surface area contributed by atoms with Crippen molar-refractivity contribution in [3.8, 4) is 0 Å². The van der Waals surface area contributed by atoms with Gasteiger partial charge in [-0.15, -0.1) is 5.10 Å². The number of tetrazole rings is 1. The summed E-state index contributed by atoms with van der Waals surface area (Å²) in [4.78, 5) is 12.3. The van der Waals surface area contributed by atoms with E-state index < -0.39 is 0 Å². The van der Waals surface area contributed by atoms with Gasteiger partial charge in [0.05, 0.1) is 18.4 Å². The molecule has 0 aliphatic carbocycles. The van der Waals surface area contributed by atoms with Crippen LogP contribution in [-0.2, 0) is 27.9 Å². The number of benzene rings is 1. The molecule has 164 valence electrons. The third-order valence-corrected chi connectivity index (χ3v) is 6.45. The molecular formula is C22H33N5O2S. The van der Waals surface area contributed by atoms with E-state index in [-0.39, 0.29) is 17.4 Å². The molecule has 0 saturated carbocycles. The molecule has 2 aromatic rings. The number of aromatic nitrogens is 4. The number of nitrogens with one attached hydrogen (secondary N) is 1. The molecule has 1 unspecified atom stereocenters. The van der Waals surface area contributed by atoms with E-state index in [0.29, 0.717) is 24.0 Å². The van der Waals surface area contributed by atoms with Crippen LogP contribution in [0.25, 0.3) is 0 Å². The molecular weight excluding hydrogens is 398 g/mol. The summed E-state index contributed by atoms with van der Waals surface area (Å²) in [7, 11) is 0. The molecule has 1 N–H and O–H groups in total. The summed E-state index contributed by atoms with van der Waals surface area (Å²) in [6, 6.07) is 4.54. The minimum absolute atomic E-state index is 0.00622. The van der Waals surface area contributed by atoms with Crippen molar-refractivity contribution in [3.05, 3.63) is 34.4 Å². The number of amides is 1. The predicted molar refractivity (Wildman–Crippen MR) is 119 cm³/mol. The second kappa shape index (κ2) is 9.92. The Hall–Kier alpha value is -1.93. The summed E-state index contributed by atoms with van der Waals surface area (Å²) in [5, 5.41) is 15.5. The van der Waals surface area contributed by atoms with Gasteiger partial charge in [0.25, 0.3) is 0 Å². The molecule has 1 fully saturated rings. The molecule has 7 nitrogen and oxygen atoms in total. The first-order valence-electron chi connectivity index (χ1n) is 10.6. The number of hydrogen-bond donors (Lipinski definition) is 1. The van der Waals surface area contributed by atoms with E-state index in [2.05, 4.69) is 67.6 Å². The first-order valence-corrected chi connectivity index (χ1v) is 11.6. The lowest BCUT2D eigenvalue weighted by Gasteiger charge is -2.22. The fraction of sp³-hybridized carbons (Fsp3) is 0.636. The van der Waals surface area contributed by atoms with Gasteiger partial charge in [-0.3, -0.25) is 4.79 Å². The van der Waals surface area contributed by atoms with Crippen LogP contribution in [0.3, 0.4) is 0 Å². The number of carbonyl (C=O) groups is 1. The molecule has 1 amide bonds. The fourth-order valence-corrected chi connectivity index (χ4v) is 4.44. The quantitative estimate of drug-likeness (QED) is 0.647. The number of nitrogens with zero attached hydrogens (tertiary/aromatic N) is 4. The molecule has 30 heavy (non-hydrogen) atoms. The average Bonchev–Trinajstić information content (AvgIpc) is 3.33. The first kappa shape index (κ1) is 22.7. The summed E-state index contributed by atoms with van der Waals surface area (Å²) in [5.74, 6) is 0.292.